The topological polar surface area (TPSA) is 96.8 Å². The van der Waals surface area contributed by atoms with Crippen LogP contribution in [-0.4, -0.2) is 37.4 Å². The Morgan fingerprint density at radius 2 is 1.87 bits per heavy atom. The van der Waals surface area contributed by atoms with Gasteiger partial charge in [0, 0.05) is 35.3 Å². The molecule has 7 heteroatoms. The summed E-state index contributed by atoms with van der Waals surface area (Å²) < 4.78 is 5.48. The average Bonchev–Trinajstić information content (AvgIpc) is 3.24. The average molecular weight is 395 g/mol. The molecule has 0 bridgehead atoms. The number of hydrogen-bond donors (Lipinski definition) is 2. The molecule has 7 nitrogen and oxygen atoms in total. The maximum Gasteiger partial charge on any atom is 0.182 e. The van der Waals surface area contributed by atoms with Crippen LogP contribution in [0, 0.1) is 0 Å². The van der Waals surface area contributed by atoms with Crippen LogP contribution in [0.2, 0.25) is 0 Å². The Bertz CT molecular complexity index is 1330. The predicted molar refractivity (Wildman–Crippen MR) is 114 cm³/mol. The molecule has 0 aliphatic rings. The molecule has 5 aromatic rings. The van der Waals surface area contributed by atoms with Crippen LogP contribution in [0.15, 0.2) is 73.2 Å². The number of ether oxygens (including phenoxy) is 1. The number of aromatic nitrogens is 5. The van der Waals surface area contributed by atoms with E-state index in [1.54, 1.807) is 43.9 Å². The number of phenolic OH excluding ortho intramolecular Hbond substituents is 1. The number of fused-ring (bicyclic) bond motifs is 1. The molecule has 0 amide bonds. The SMILES string of the molecule is COc1ccc(O)cc1-c1cc(-c2ccccn2)c2c(-c3cccnc3)[nH]nc2n1. The minimum Gasteiger partial charge on any atom is -0.508 e. The summed E-state index contributed by atoms with van der Waals surface area (Å²) >= 11 is 0. The molecule has 0 aliphatic heterocycles. The summed E-state index contributed by atoms with van der Waals surface area (Å²) in [7, 11) is 1.59. The lowest BCUT2D eigenvalue weighted by atomic mass is 10.00. The van der Waals surface area contributed by atoms with E-state index in [-0.39, 0.29) is 5.75 Å². The Labute approximate surface area is 172 Å². The van der Waals surface area contributed by atoms with Gasteiger partial charge in [0.25, 0.3) is 0 Å². The number of methoxy groups -OCH3 is 1. The highest BCUT2D eigenvalue weighted by atomic mass is 16.5. The molecule has 0 unspecified atom stereocenters. The summed E-state index contributed by atoms with van der Waals surface area (Å²) in [6.45, 7) is 0. The zero-order valence-corrected chi connectivity index (χ0v) is 16.1. The second kappa shape index (κ2) is 7.29. The van der Waals surface area contributed by atoms with Gasteiger partial charge in [0.2, 0.25) is 0 Å². The van der Waals surface area contributed by atoms with Crippen LogP contribution >= 0.6 is 0 Å². The minimum atomic E-state index is 0.130. The maximum absolute atomic E-state index is 10.0. The van der Waals surface area contributed by atoms with Crippen molar-refractivity contribution in [3.05, 3.63) is 73.2 Å². The maximum atomic E-state index is 10.0. The van der Waals surface area contributed by atoms with Gasteiger partial charge in [0.05, 0.1) is 29.6 Å². The van der Waals surface area contributed by atoms with Gasteiger partial charge >= 0.3 is 0 Å². The molecule has 4 heterocycles. The number of nitrogens with one attached hydrogen (secondary N) is 1. The van der Waals surface area contributed by atoms with E-state index in [1.807, 2.05) is 36.4 Å². The van der Waals surface area contributed by atoms with Crippen LogP contribution in [-0.2, 0) is 0 Å². The first-order valence-electron chi connectivity index (χ1n) is 9.33. The van der Waals surface area contributed by atoms with Crippen LogP contribution < -0.4 is 4.74 Å². The highest BCUT2D eigenvalue weighted by Crippen LogP contribution is 2.38. The standard InChI is InChI=1S/C23H17N5O2/c1-30-20-8-7-15(29)11-16(20)19-12-17(18-6-2-3-10-25-18)21-22(27-28-23(21)26-19)14-5-4-9-24-13-14/h2-13,29H,1H3,(H,26,27,28). The summed E-state index contributed by atoms with van der Waals surface area (Å²) in [5.74, 6) is 0.736. The number of H-pyrrole nitrogens is 1. The molecule has 0 aliphatic carbocycles. The largest absolute Gasteiger partial charge is 0.508 e. The number of benzene rings is 1. The normalized spacial score (nSPS) is 11.0. The highest BCUT2D eigenvalue weighted by Gasteiger charge is 2.19. The third-order valence-electron chi connectivity index (χ3n) is 4.87. The number of nitrogens with zero attached hydrogens (tertiary/aromatic N) is 4. The van der Waals surface area contributed by atoms with Crippen molar-refractivity contribution >= 4 is 11.0 Å². The van der Waals surface area contributed by atoms with E-state index in [9.17, 15) is 5.11 Å². The van der Waals surface area contributed by atoms with Gasteiger partial charge in [-0.25, -0.2) is 4.98 Å². The lowest BCUT2D eigenvalue weighted by Crippen LogP contribution is -1.94. The number of aromatic amines is 1. The van der Waals surface area contributed by atoms with Crippen LogP contribution in [0.4, 0.5) is 0 Å². The fourth-order valence-electron chi connectivity index (χ4n) is 3.50. The Hall–Kier alpha value is -4.26. The molecule has 0 radical (unpaired) electrons. The number of rotatable bonds is 4. The molecule has 0 saturated carbocycles. The van der Waals surface area contributed by atoms with Gasteiger partial charge in [-0.1, -0.05) is 6.07 Å². The van der Waals surface area contributed by atoms with Gasteiger partial charge in [-0.15, -0.1) is 0 Å². The van der Waals surface area contributed by atoms with E-state index in [2.05, 4.69) is 20.2 Å². The van der Waals surface area contributed by atoms with Gasteiger partial charge in [-0.3, -0.25) is 15.1 Å². The van der Waals surface area contributed by atoms with Crippen LogP contribution in [0.3, 0.4) is 0 Å². The van der Waals surface area contributed by atoms with Gasteiger partial charge in [-0.05, 0) is 48.5 Å². The fraction of sp³-hybridized carbons (Fsp3) is 0.0435. The van der Waals surface area contributed by atoms with Gasteiger partial charge in [0.1, 0.15) is 11.5 Å². The first kappa shape index (κ1) is 17.8. The second-order valence-corrected chi connectivity index (χ2v) is 6.69. The van der Waals surface area contributed by atoms with E-state index in [4.69, 9.17) is 9.72 Å². The number of hydrogen-bond acceptors (Lipinski definition) is 6. The van der Waals surface area contributed by atoms with E-state index in [0.29, 0.717) is 22.7 Å². The van der Waals surface area contributed by atoms with Gasteiger partial charge < -0.3 is 9.84 Å². The van der Waals surface area contributed by atoms with Crippen LogP contribution in [0.25, 0.3) is 44.8 Å². The van der Waals surface area contributed by atoms with Crippen molar-refractivity contribution in [2.75, 3.05) is 7.11 Å². The number of phenols is 1. The third kappa shape index (κ3) is 3.02. The molecule has 4 aromatic heterocycles. The van der Waals surface area contributed by atoms with E-state index >= 15 is 0 Å². The summed E-state index contributed by atoms with van der Waals surface area (Å²) in [4.78, 5) is 13.5. The Balaban J connectivity index is 1.82. The fourth-order valence-corrected chi connectivity index (χ4v) is 3.50. The minimum absolute atomic E-state index is 0.130. The quantitative estimate of drug-likeness (QED) is 0.466. The molecule has 0 atom stereocenters. The van der Waals surface area contributed by atoms with Crippen LogP contribution in [0.5, 0.6) is 11.5 Å². The third-order valence-corrected chi connectivity index (χ3v) is 4.87. The highest BCUT2D eigenvalue weighted by molar-refractivity contribution is 6.03. The van der Waals surface area contributed by atoms with E-state index in [0.717, 1.165) is 27.9 Å². The van der Waals surface area contributed by atoms with Crippen molar-refractivity contribution < 1.29 is 9.84 Å². The van der Waals surface area contributed by atoms with E-state index < -0.39 is 0 Å². The van der Waals surface area contributed by atoms with Gasteiger partial charge in [-0.2, -0.15) is 5.10 Å². The monoisotopic (exact) mass is 395 g/mol. The molecule has 0 saturated heterocycles. The Kier molecular flexibility index (Phi) is 4.33. The lowest BCUT2D eigenvalue weighted by Gasteiger charge is -2.11. The van der Waals surface area contributed by atoms with Crippen molar-refractivity contribution in [3.8, 4) is 45.3 Å². The zero-order valence-electron chi connectivity index (χ0n) is 16.1. The molecular weight excluding hydrogens is 378 g/mol. The summed E-state index contributed by atoms with van der Waals surface area (Å²) in [6, 6.07) is 16.5. The van der Waals surface area contributed by atoms with Crippen molar-refractivity contribution in [1.29, 1.82) is 0 Å². The number of pyridine rings is 3. The smallest absolute Gasteiger partial charge is 0.182 e. The molecule has 2 N–H and O–H groups in total. The number of aromatic hydroxyl groups is 1. The second-order valence-electron chi connectivity index (χ2n) is 6.69. The summed E-state index contributed by atoms with van der Waals surface area (Å²) in [6.07, 6.45) is 5.26. The molecular formula is C23H17N5O2. The van der Waals surface area contributed by atoms with E-state index in [1.165, 1.54) is 0 Å². The van der Waals surface area contributed by atoms with Crippen molar-refractivity contribution in [1.82, 2.24) is 25.1 Å². The zero-order chi connectivity index (χ0) is 20.5. The lowest BCUT2D eigenvalue weighted by molar-refractivity contribution is 0.414. The van der Waals surface area contributed by atoms with Crippen molar-refractivity contribution in [3.63, 3.8) is 0 Å². The molecule has 146 valence electrons. The first-order valence-corrected chi connectivity index (χ1v) is 9.33. The van der Waals surface area contributed by atoms with Crippen LogP contribution in [0.1, 0.15) is 0 Å². The molecule has 5 rings (SSSR count). The Morgan fingerprint density at radius 3 is 2.63 bits per heavy atom. The summed E-state index contributed by atoms with van der Waals surface area (Å²) in [5.41, 5.74) is 5.22. The Morgan fingerprint density at radius 1 is 0.933 bits per heavy atom. The van der Waals surface area contributed by atoms with Crippen molar-refractivity contribution in [2.45, 2.75) is 0 Å². The first-order chi connectivity index (χ1) is 14.7. The molecule has 30 heavy (non-hydrogen) atoms. The predicted octanol–water partition coefficient (Wildman–Crippen LogP) is 4.46. The van der Waals surface area contributed by atoms with Crippen molar-refractivity contribution in [2.24, 2.45) is 0 Å². The molecule has 0 spiro atoms. The summed E-state index contributed by atoms with van der Waals surface area (Å²) in [5, 5.41) is 18.4. The molecule has 1 aromatic carbocycles. The molecule has 0 fully saturated rings. The van der Waals surface area contributed by atoms with Gasteiger partial charge in [0.15, 0.2) is 5.65 Å².